The van der Waals surface area contributed by atoms with Crippen LogP contribution < -0.4 is 10.2 Å². The molecular weight excluding hydrogens is 287 g/mol. The van der Waals surface area contributed by atoms with Crippen LogP contribution in [-0.4, -0.2) is 37.1 Å². The van der Waals surface area contributed by atoms with Crippen LogP contribution in [0.5, 0.6) is 0 Å². The first kappa shape index (κ1) is 16.6. The predicted octanol–water partition coefficient (Wildman–Crippen LogP) is 0.836. The number of quaternary nitrogens is 1. The number of ether oxygens (including phenoxy) is 1. The lowest BCUT2D eigenvalue weighted by molar-refractivity contribution is -0.675. The molecule has 1 aliphatic rings. The second-order valence-electron chi connectivity index (χ2n) is 5.65. The van der Waals surface area contributed by atoms with Crippen LogP contribution in [0.1, 0.15) is 26.7 Å². The Morgan fingerprint density at radius 1 is 1.32 bits per heavy atom. The quantitative estimate of drug-likeness (QED) is 0.599. The number of amides is 2. The zero-order valence-corrected chi connectivity index (χ0v) is 12.9. The van der Waals surface area contributed by atoms with Crippen LogP contribution in [0.25, 0.3) is 0 Å². The number of carbonyl (C=O) groups excluding carboxylic acids is 2. The number of hydrogen-bond donors (Lipinski definition) is 1. The molecule has 1 fully saturated rings. The Balaban J connectivity index is 1.87. The van der Waals surface area contributed by atoms with Crippen LogP contribution in [0.2, 0.25) is 0 Å². The van der Waals surface area contributed by atoms with E-state index >= 15 is 0 Å². The summed E-state index contributed by atoms with van der Waals surface area (Å²) in [7, 11) is 0. The normalized spacial score (nSPS) is 18.5. The van der Waals surface area contributed by atoms with Gasteiger partial charge < -0.3 is 10.1 Å². The van der Waals surface area contributed by atoms with Crippen molar-refractivity contribution in [1.82, 2.24) is 0 Å². The number of carbonyl (C=O) groups is 2. The SMILES string of the molecule is CC(C)OCCC[NH2+][C@@H]1CC(=O)N(c2ccc(F)cc2)C1=O. The van der Waals surface area contributed by atoms with Gasteiger partial charge >= 0.3 is 0 Å². The zero-order chi connectivity index (χ0) is 16.1. The van der Waals surface area contributed by atoms with E-state index in [-0.39, 0.29) is 24.3 Å². The smallest absolute Gasteiger partial charge is 0.292 e. The van der Waals surface area contributed by atoms with Crippen LogP contribution in [-0.2, 0) is 14.3 Å². The van der Waals surface area contributed by atoms with E-state index in [4.69, 9.17) is 4.74 Å². The lowest BCUT2D eigenvalue weighted by Crippen LogP contribution is -2.91. The topological polar surface area (TPSA) is 63.2 Å². The van der Waals surface area contributed by atoms with E-state index in [0.29, 0.717) is 12.3 Å². The molecule has 0 bridgehead atoms. The second-order valence-corrected chi connectivity index (χ2v) is 5.65. The summed E-state index contributed by atoms with van der Waals surface area (Å²) in [5, 5.41) is 1.88. The van der Waals surface area contributed by atoms with E-state index in [1.54, 1.807) is 0 Å². The lowest BCUT2D eigenvalue weighted by Gasteiger charge is -2.14. The third kappa shape index (κ3) is 4.11. The van der Waals surface area contributed by atoms with E-state index in [0.717, 1.165) is 17.9 Å². The number of rotatable bonds is 7. The Morgan fingerprint density at radius 2 is 2.00 bits per heavy atom. The van der Waals surface area contributed by atoms with Gasteiger partial charge in [0.25, 0.3) is 5.91 Å². The minimum atomic E-state index is -0.392. The maximum absolute atomic E-state index is 12.9. The standard InChI is InChI=1S/C16H21FN2O3/c1-11(2)22-9-3-8-18-14-10-15(20)19(16(14)21)13-6-4-12(17)5-7-13/h4-7,11,14,18H,3,8-10H2,1-2H3/p+1/t14-/m1/s1. The Kier molecular flexibility index (Phi) is 5.63. The summed E-state index contributed by atoms with van der Waals surface area (Å²) in [4.78, 5) is 25.5. The molecule has 5 nitrogen and oxygen atoms in total. The van der Waals surface area contributed by atoms with Crippen molar-refractivity contribution in [1.29, 1.82) is 0 Å². The average molecular weight is 309 g/mol. The van der Waals surface area contributed by atoms with Gasteiger partial charge in [-0.1, -0.05) is 0 Å². The summed E-state index contributed by atoms with van der Waals surface area (Å²) in [5.74, 6) is -0.867. The fourth-order valence-electron chi connectivity index (χ4n) is 2.42. The van der Waals surface area contributed by atoms with Crippen molar-refractivity contribution >= 4 is 17.5 Å². The van der Waals surface area contributed by atoms with Crippen molar-refractivity contribution in [2.45, 2.75) is 38.8 Å². The third-order valence-electron chi connectivity index (χ3n) is 3.52. The highest BCUT2D eigenvalue weighted by Crippen LogP contribution is 2.21. The van der Waals surface area contributed by atoms with Gasteiger partial charge in [0.15, 0.2) is 6.04 Å². The van der Waals surface area contributed by atoms with E-state index in [9.17, 15) is 14.0 Å². The maximum atomic E-state index is 12.9. The summed E-state index contributed by atoms with van der Waals surface area (Å²) in [6.45, 7) is 5.32. The monoisotopic (exact) mass is 309 g/mol. The molecule has 0 radical (unpaired) electrons. The fourth-order valence-corrected chi connectivity index (χ4v) is 2.42. The number of imide groups is 1. The molecule has 2 N–H and O–H groups in total. The third-order valence-corrected chi connectivity index (χ3v) is 3.52. The van der Waals surface area contributed by atoms with Crippen LogP contribution >= 0.6 is 0 Å². The van der Waals surface area contributed by atoms with Gasteiger partial charge in [0.05, 0.1) is 31.4 Å². The minimum absolute atomic E-state index is 0.182. The number of benzene rings is 1. The van der Waals surface area contributed by atoms with E-state index in [2.05, 4.69) is 0 Å². The number of nitrogens with two attached hydrogens (primary N) is 1. The predicted molar refractivity (Wildman–Crippen MR) is 79.8 cm³/mol. The number of anilines is 1. The second kappa shape index (κ2) is 7.47. The first-order chi connectivity index (χ1) is 10.5. The summed E-state index contributed by atoms with van der Waals surface area (Å²) >= 11 is 0. The van der Waals surface area contributed by atoms with Crippen LogP contribution in [0.3, 0.4) is 0 Å². The van der Waals surface area contributed by atoms with Crippen molar-refractivity contribution in [3.05, 3.63) is 30.1 Å². The van der Waals surface area contributed by atoms with Gasteiger partial charge in [0, 0.05) is 6.42 Å². The number of nitrogens with zero attached hydrogens (tertiary/aromatic N) is 1. The van der Waals surface area contributed by atoms with Crippen molar-refractivity contribution in [2.75, 3.05) is 18.1 Å². The largest absolute Gasteiger partial charge is 0.379 e. The molecule has 0 unspecified atom stereocenters. The van der Waals surface area contributed by atoms with Gasteiger partial charge in [-0.05, 0) is 38.1 Å². The van der Waals surface area contributed by atoms with Gasteiger partial charge in [-0.2, -0.15) is 0 Å². The lowest BCUT2D eigenvalue weighted by atomic mass is 10.2. The Hall–Kier alpha value is -1.79. The van der Waals surface area contributed by atoms with E-state index < -0.39 is 11.9 Å². The molecule has 2 rings (SSSR count). The molecule has 1 aromatic rings. The molecule has 1 heterocycles. The van der Waals surface area contributed by atoms with E-state index in [1.165, 1.54) is 24.3 Å². The van der Waals surface area contributed by atoms with Gasteiger partial charge in [-0.25, -0.2) is 9.29 Å². The summed E-state index contributed by atoms with van der Waals surface area (Å²) in [6.07, 6.45) is 1.21. The molecule has 1 aliphatic heterocycles. The first-order valence-corrected chi connectivity index (χ1v) is 7.56. The maximum Gasteiger partial charge on any atom is 0.292 e. The van der Waals surface area contributed by atoms with Gasteiger partial charge in [0.1, 0.15) is 5.82 Å². The Bertz CT molecular complexity index is 531. The number of halogens is 1. The molecule has 22 heavy (non-hydrogen) atoms. The molecule has 120 valence electrons. The van der Waals surface area contributed by atoms with Crippen LogP contribution in [0, 0.1) is 5.82 Å². The zero-order valence-electron chi connectivity index (χ0n) is 12.9. The molecular formula is C16H22FN2O3+. The van der Waals surface area contributed by atoms with Crippen molar-refractivity contribution < 1.29 is 24.0 Å². The summed E-state index contributed by atoms with van der Waals surface area (Å²) < 4.78 is 18.4. The molecule has 1 atom stereocenters. The van der Waals surface area contributed by atoms with Crippen LogP contribution in [0.4, 0.5) is 10.1 Å². The Labute approximate surface area is 129 Å². The molecule has 0 aromatic heterocycles. The molecule has 1 saturated heterocycles. The highest BCUT2D eigenvalue weighted by atomic mass is 19.1. The van der Waals surface area contributed by atoms with Crippen molar-refractivity contribution in [2.24, 2.45) is 0 Å². The van der Waals surface area contributed by atoms with Crippen molar-refractivity contribution in [3.63, 3.8) is 0 Å². The van der Waals surface area contributed by atoms with Crippen LogP contribution in [0.15, 0.2) is 24.3 Å². The van der Waals surface area contributed by atoms with E-state index in [1.807, 2.05) is 19.2 Å². The molecule has 0 aliphatic carbocycles. The average Bonchev–Trinajstić information content (AvgIpc) is 2.74. The molecule has 1 aromatic carbocycles. The van der Waals surface area contributed by atoms with Crippen molar-refractivity contribution in [3.8, 4) is 0 Å². The van der Waals surface area contributed by atoms with Gasteiger partial charge in [0.2, 0.25) is 5.91 Å². The highest BCUT2D eigenvalue weighted by Gasteiger charge is 2.41. The Morgan fingerprint density at radius 3 is 2.64 bits per heavy atom. The fraction of sp³-hybridized carbons (Fsp3) is 0.500. The minimum Gasteiger partial charge on any atom is -0.379 e. The van der Waals surface area contributed by atoms with Gasteiger partial charge in [-0.15, -0.1) is 0 Å². The summed E-state index contributed by atoms with van der Waals surface area (Å²) in [6, 6.07) is 5.00. The molecule has 6 heteroatoms. The molecule has 0 saturated carbocycles. The summed E-state index contributed by atoms with van der Waals surface area (Å²) in [5.41, 5.74) is 0.426. The molecule has 2 amide bonds. The highest BCUT2D eigenvalue weighted by molar-refractivity contribution is 6.21. The van der Waals surface area contributed by atoms with Gasteiger partial charge in [-0.3, -0.25) is 9.59 Å². The number of hydrogen-bond acceptors (Lipinski definition) is 3. The first-order valence-electron chi connectivity index (χ1n) is 7.56. The molecule has 0 spiro atoms.